The van der Waals surface area contributed by atoms with Gasteiger partial charge in [0, 0.05) is 12.6 Å². The minimum absolute atomic E-state index is 0.208. The number of hydrogen-bond acceptors (Lipinski definition) is 4. The first-order valence-electron chi connectivity index (χ1n) is 8.59. The number of nitrogens with zero attached hydrogens (tertiary/aromatic N) is 1. The predicted octanol–water partition coefficient (Wildman–Crippen LogP) is 4.66. The van der Waals surface area contributed by atoms with Crippen molar-refractivity contribution in [3.63, 3.8) is 0 Å². The smallest absolute Gasteiger partial charge is 0.335 e. The fourth-order valence-corrected chi connectivity index (χ4v) is 4.30. The van der Waals surface area contributed by atoms with Crippen LogP contribution in [0.15, 0.2) is 30.3 Å². The molecule has 6 nitrogen and oxygen atoms in total. The van der Waals surface area contributed by atoms with Crippen LogP contribution in [0.3, 0.4) is 0 Å². The maximum Gasteiger partial charge on any atom is 0.335 e. The zero-order valence-electron chi connectivity index (χ0n) is 15.1. The molecule has 3 atom stereocenters. The molecular weight excluding hydrogens is 420 g/mol. The number of likely N-dealkylation sites (tertiary alicyclic amines) is 1. The molecule has 0 radical (unpaired) electrons. The topological polar surface area (TPSA) is 76.1 Å². The van der Waals surface area contributed by atoms with E-state index in [4.69, 9.17) is 20.6 Å². The summed E-state index contributed by atoms with van der Waals surface area (Å²) in [6.07, 6.45) is 1.58. The third kappa shape index (κ3) is 3.82. The van der Waals surface area contributed by atoms with E-state index in [2.05, 4.69) is 18.9 Å². The van der Waals surface area contributed by atoms with Crippen LogP contribution in [-0.2, 0) is 0 Å². The predicted molar refractivity (Wildman–Crippen MR) is 113 cm³/mol. The van der Waals surface area contributed by atoms with Gasteiger partial charge in [0.25, 0.3) is 5.91 Å². The lowest BCUT2D eigenvalue weighted by molar-refractivity contribution is 0.0695. The molecule has 1 heterocycles. The number of carboxylic acids is 1. The van der Waals surface area contributed by atoms with Crippen molar-refractivity contribution in [2.24, 2.45) is 0 Å². The van der Waals surface area contributed by atoms with E-state index in [0.29, 0.717) is 34.2 Å². The first kappa shape index (κ1) is 20.9. The second-order valence-electron chi connectivity index (χ2n) is 6.50. The molecular formula is C19H20ClNO5P2. The molecule has 1 amide bonds. The van der Waals surface area contributed by atoms with Crippen molar-refractivity contribution in [3.05, 3.63) is 57.6 Å². The van der Waals surface area contributed by atoms with Crippen LogP contribution in [0.4, 0.5) is 0 Å². The number of carboxylic acid groups (broad SMARTS) is 1. The Hall–Kier alpha value is -1.87. The van der Waals surface area contributed by atoms with Crippen molar-refractivity contribution in [3.8, 4) is 11.5 Å². The molecule has 0 aromatic heterocycles. The number of halogens is 1. The second-order valence-corrected chi connectivity index (χ2v) is 7.37. The van der Waals surface area contributed by atoms with Crippen LogP contribution in [0, 0.1) is 6.92 Å². The Morgan fingerprint density at radius 1 is 1.18 bits per heavy atom. The van der Waals surface area contributed by atoms with E-state index in [1.165, 1.54) is 6.07 Å². The van der Waals surface area contributed by atoms with Gasteiger partial charge in [-0.3, -0.25) is 4.79 Å². The molecule has 1 fully saturated rings. The number of carbonyl (C=O) groups is 2. The first-order valence-corrected chi connectivity index (χ1v) is 9.91. The molecule has 9 heteroatoms. The molecule has 2 aromatic rings. The Morgan fingerprint density at radius 2 is 1.89 bits per heavy atom. The summed E-state index contributed by atoms with van der Waals surface area (Å²) in [6, 6.07) is 8.04. The lowest BCUT2D eigenvalue weighted by Crippen LogP contribution is -2.31. The monoisotopic (exact) mass is 439 g/mol. The van der Waals surface area contributed by atoms with Gasteiger partial charge >= 0.3 is 5.97 Å². The normalized spacial score (nSPS) is 16.1. The average Bonchev–Trinajstić information content (AvgIpc) is 3.16. The summed E-state index contributed by atoms with van der Waals surface area (Å²) in [7, 11) is 4.23. The Labute approximate surface area is 172 Å². The van der Waals surface area contributed by atoms with E-state index < -0.39 is 5.97 Å². The average molecular weight is 440 g/mol. The van der Waals surface area contributed by atoms with Crippen LogP contribution in [0.25, 0.3) is 0 Å². The lowest BCUT2D eigenvalue weighted by Gasteiger charge is -2.27. The summed E-state index contributed by atoms with van der Waals surface area (Å²) in [6.45, 7) is 2.34. The van der Waals surface area contributed by atoms with Gasteiger partial charge in [-0.1, -0.05) is 23.7 Å². The summed E-state index contributed by atoms with van der Waals surface area (Å²) in [5.74, 6) is -0.492. The van der Waals surface area contributed by atoms with Gasteiger partial charge in [0.1, 0.15) is 11.5 Å². The van der Waals surface area contributed by atoms with E-state index in [9.17, 15) is 14.7 Å². The molecule has 148 valence electrons. The van der Waals surface area contributed by atoms with Gasteiger partial charge in [-0.15, -0.1) is 0 Å². The van der Waals surface area contributed by atoms with Gasteiger partial charge in [0.15, 0.2) is 0 Å². The van der Waals surface area contributed by atoms with E-state index in [0.717, 1.165) is 18.4 Å². The van der Waals surface area contributed by atoms with Crippen LogP contribution < -0.4 is 9.05 Å². The van der Waals surface area contributed by atoms with Gasteiger partial charge in [-0.2, -0.15) is 0 Å². The number of benzene rings is 2. The Balaban J connectivity index is 2.00. The molecule has 3 rings (SSSR count). The van der Waals surface area contributed by atoms with Gasteiger partial charge in [0.05, 0.1) is 41.1 Å². The van der Waals surface area contributed by atoms with Crippen LogP contribution in [0.5, 0.6) is 11.5 Å². The van der Waals surface area contributed by atoms with E-state index in [1.54, 1.807) is 30.0 Å². The zero-order valence-corrected chi connectivity index (χ0v) is 18.2. The summed E-state index contributed by atoms with van der Waals surface area (Å²) < 4.78 is 10.4. The summed E-state index contributed by atoms with van der Waals surface area (Å²) >= 11 is 6.21. The minimum Gasteiger partial charge on any atom is -0.479 e. The molecule has 1 N–H and O–H groups in total. The Kier molecular flexibility index (Phi) is 6.44. The van der Waals surface area contributed by atoms with Crippen molar-refractivity contribution < 1.29 is 23.7 Å². The lowest BCUT2D eigenvalue weighted by atomic mass is 9.95. The Bertz CT molecular complexity index is 937. The third-order valence-electron chi connectivity index (χ3n) is 5.00. The van der Waals surface area contributed by atoms with Gasteiger partial charge < -0.3 is 19.1 Å². The molecule has 0 saturated carbocycles. The molecule has 3 unspecified atom stereocenters. The molecule has 1 saturated heterocycles. The van der Waals surface area contributed by atoms with Crippen molar-refractivity contribution in [1.82, 2.24) is 4.90 Å². The van der Waals surface area contributed by atoms with Crippen LogP contribution >= 0.6 is 30.5 Å². The second kappa shape index (κ2) is 8.65. The summed E-state index contributed by atoms with van der Waals surface area (Å²) in [5.41, 5.74) is 2.09. The molecule has 28 heavy (non-hydrogen) atoms. The Morgan fingerprint density at radius 3 is 2.54 bits per heavy atom. The van der Waals surface area contributed by atoms with E-state index in [-0.39, 0.29) is 17.5 Å². The maximum absolute atomic E-state index is 13.3. The minimum atomic E-state index is -0.978. The maximum atomic E-state index is 13.3. The number of hydrogen-bond donors (Lipinski definition) is 1. The largest absolute Gasteiger partial charge is 0.479 e. The van der Waals surface area contributed by atoms with Gasteiger partial charge in [-0.05, 0) is 43.0 Å². The van der Waals surface area contributed by atoms with Crippen LogP contribution in [0.2, 0.25) is 5.02 Å². The highest BCUT2D eigenvalue weighted by Crippen LogP contribution is 2.39. The molecule has 0 bridgehead atoms. The highest BCUT2D eigenvalue weighted by atomic mass is 35.5. The van der Waals surface area contributed by atoms with Crippen molar-refractivity contribution in [2.75, 3.05) is 6.54 Å². The van der Waals surface area contributed by atoms with Crippen LogP contribution in [0.1, 0.15) is 50.7 Å². The molecule has 0 spiro atoms. The molecule has 2 aromatic carbocycles. The van der Waals surface area contributed by atoms with E-state index in [1.807, 2.05) is 6.07 Å². The zero-order chi connectivity index (χ0) is 20.4. The SMILES string of the molecule is Cc1c(C(=O)O)cccc1C1CCCN1C(=O)c1cc(Cl)c(OP)cc1OP. The first-order chi connectivity index (χ1) is 13.4. The summed E-state index contributed by atoms with van der Waals surface area (Å²) in [4.78, 5) is 26.5. The standard InChI is InChI=1S/C19H20ClNO5P2/c1-10-11(4-2-5-12(10)19(23)24)15-6-3-7-21(15)18(22)13-8-14(20)17(26-28)9-16(13)25-27/h2,4-5,8-9,15H,3,6-7,27-28H2,1H3,(H,23,24). The van der Waals surface area contributed by atoms with Crippen molar-refractivity contribution >= 4 is 42.4 Å². The van der Waals surface area contributed by atoms with E-state index >= 15 is 0 Å². The van der Waals surface area contributed by atoms with Gasteiger partial charge in [0.2, 0.25) is 0 Å². The number of carbonyl (C=O) groups excluding carboxylic acids is 1. The number of rotatable bonds is 5. The highest BCUT2D eigenvalue weighted by Gasteiger charge is 2.33. The molecule has 0 aliphatic carbocycles. The third-order valence-corrected chi connectivity index (χ3v) is 5.80. The fraction of sp³-hybridized carbons (Fsp3) is 0.263. The fourth-order valence-electron chi connectivity index (χ4n) is 3.62. The highest BCUT2D eigenvalue weighted by molar-refractivity contribution is 7.10. The summed E-state index contributed by atoms with van der Waals surface area (Å²) in [5, 5.41) is 9.70. The quantitative estimate of drug-likeness (QED) is 0.686. The van der Waals surface area contributed by atoms with Gasteiger partial charge in [-0.25, -0.2) is 4.79 Å². The number of amides is 1. The molecule has 1 aliphatic rings. The van der Waals surface area contributed by atoms with Crippen LogP contribution in [-0.4, -0.2) is 28.4 Å². The van der Waals surface area contributed by atoms with Crippen molar-refractivity contribution in [1.29, 1.82) is 0 Å². The number of aromatic carboxylic acids is 1. The molecule has 1 aliphatic heterocycles. The van der Waals surface area contributed by atoms with Crippen molar-refractivity contribution in [2.45, 2.75) is 25.8 Å².